The molecular weight excluding hydrogens is 841 g/mol. The van der Waals surface area contributed by atoms with Gasteiger partial charge in [-0.05, 0) is 25.2 Å². The van der Waals surface area contributed by atoms with Crippen LogP contribution in [0.3, 0.4) is 0 Å². The summed E-state index contributed by atoms with van der Waals surface area (Å²) in [6.45, 7) is 9.12. The van der Waals surface area contributed by atoms with Crippen LogP contribution in [-0.4, -0.2) is 37.2 Å². The van der Waals surface area contributed by atoms with Crippen LogP contribution in [0.15, 0.2) is 0 Å². The molecule has 6 heteroatoms. The number of carbonyl (C=O) groups is 3. The van der Waals surface area contributed by atoms with Gasteiger partial charge in [0.15, 0.2) is 6.10 Å². The monoisotopic (exact) mass is 961 g/mol. The van der Waals surface area contributed by atoms with Crippen LogP contribution in [0.5, 0.6) is 0 Å². The van der Waals surface area contributed by atoms with Crippen molar-refractivity contribution in [2.24, 2.45) is 5.92 Å². The van der Waals surface area contributed by atoms with Gasteiger partial charge in [-0.2, -0.15) is 0 Å². The maximum absolute atomic E-state index is 12.9. The lowest BCUT2D eigenvalue weighted by molar-refractivity contribution is -0.167. The zero-order valence-electron chi connectivity index (χ0n) is 46.6. The van der Waals surface area contributed by atoms with E-state index < -0.39 is 6.10 Å². The van der Waals surface area contributed by atoms with Crippen LogP contribution >= 0.6 is 0 Å². The number of carbonyl (C=O) groups excluding carboxylic acids is 3. The van der Waals surface area contributed by atoms with Crippen molar-refractivity contribution in [1.82, 2.24) is 0 Å². The molecule has 2 atom stereocenters. The number of unbranched alkanes of at least 4 members (excludes halogenated alkanes) is 43. The molecule has 0 radical (unpaired) electrons. The van der Waals surface area contributed by atoms with Crippen molar-refractivity contribution >= 4 is 17.9 Å². The average molecular weight is 962 g/mol. The van der Waals surface area contributed by atoms with Crippen LogP contribution in [0.25, 0.3) is 0 Å². The fourth-order valence-corrected chi connectivity index (χ4v) is 9.60. The molecule has 0 aromatic heterocycles. The summed E-state index contributed by atoms with van der Waals surface area (Å²) < 4.78 is 16.9. The summed E-state index contributed by atoms with van der Waals surface area (Å²) in [6, 6.07) is 0. The first kappa shape index (κ1) is 66.4. The Kier molecular flexibility index (Phi) is 55.0. The third-order valence-electron chi connectivity index (χ3n) is 14.7. The maximum Gasteiger partial charge on any atom is 0.306 e. The van der Waals surface area contributed by atoms with Crippen molar-refractivity contribution in [3.05, 3.63) is 0 Å². The third kappa shape index (κ3) is 53.8. The molecule has 0 amide bonds. The van der Waals surface area contributed by atoms with Gasteiger partial charge < -0.3 is 14.2 Å². The predicted octanol–water partition coefficient (Wildman–Crippen LogP) is 20.6. The molecule has 0 saturated heterocycles. The molecule has 0 aromatic carbocycles. The van der Waals surface area contributed by atoms with Gasteiger partial charge in [-0.1, -0.05) is 317 Å². The SMILES string of the molecule is CCCCCCCCCCCCCCCCCCCC(=O)OC[C@H](COC(=O)CCCCCCCCCCCCCCCCC)OC(=O)CCCCCCCCCCCCCCCCC(C)CC. The van der Waals surface area contributed by atoms with Gasteiger partial charge in [-0.15, -0.1) is 0 Å². The van der Waals surface area contributed by atoms with Gasteiger partial charge >= 0.3 is 17.9 Å². The molecule has 1 unspecified atom stereocenters. The molecule has 68 heavy (non-hydrogen) atoms. The first-order valence-corrected chi connectivity index (χ1v) is 30.9. The molecule has 404 valence electrons. The summed E-state index contributed by atoms with van der Waals surface area (Å²) in [5, 5.41) is 0. The molecule has 0 aromatic rings. The molecule has 0 N–H and O–H groups in total. The van der Waals surface area contributed by atoms with Crippen LogP contribution in [0.2, 0.25) is 0 Å². The Morgan fingerprint density at radius 1 is 0.294 bits per heavy atom. The lowest BCUT2D eigenvalue weighted by atomic mass is 9.99. The lowest BCUT2D eigenvalue weighted by Gasteiger charge is -2.18. The molecule has 0 spiro atoms. The zero-order valence-corrected chi connectivity index (χ0v) is 46.6. The van der Waals surface area contributed by atoms with E-state index in [9.17, 15) is 14.4 Å². The Labute approximate surface area is 425 Å². The normalized spacial score (nSPS) is 12.4. The van der Waals surface area contributed by atoms with Gasteiger partial charge in [0.2, 0.25) is 0 Å². The number of hydrogen-bond acceptors (Lipinski definition) is 6. The number of ether oxygens (including phenoxy) is 3. The van der Waals surface area contributed by atoms with E-state index in [1.807, 2.05) is 0 Å². The Hall–Kier alpha value is -1.59. The van der Waals surface area contributed by atoms with E-state index in [2.05, 4.69) is 27.7 Å². The van der Waals surface area contributed by atoms with E-state index in [1.54, 1.807) is 0 Å². The summed E-state index contributed by atoms with van der Waals surface area (Å²) in [5.41, 5.74) is 0. The highest BCUT2D eigenvalue weighted by atomic mass is 16.6. The lowest BCUT2D eigenvalue weighted by Crippen LogP contribution is -2.30. The van der Waals surface area contributed by atoms with Crippen LogP contribution in [0.1, 0.15) is 355 Å². The Morgan fingerprint density at radius 2 is 0.515 bits per heavy atom. The molecule has 0 rings (SSSR count). The fraction of sp³-hybridized carbons (Fsp3) is 0.952. The molecule has 0 aliphatic rings. The second-order valence-corrected chi connectivity index (χ2v) is 21.6. The van der Waals surface area contributed by atoms with E-state index in [0.29, 0.717) is 19.3 Å². The van der Waals surface area contributed by atoms with Crippen molar-refractivity contribution in [3.8, 4) is 0 Å². The van der Waals surface area contributed by atoms with Crippen LogP contribution in [0, 0.1) is 5.92 Å². The van der Waals surface area contributed by atoms with Crippen molar-refractivity contribution in [2.75, 3.05) is 13.2 Å². The van der Waals surface area contributed by atoms with Crippen LogP contribution in [-0.2, 0) is 28.6 Å². The van der Waals surface area contributed by atoms with Crippen molar-refractivity contribution in [1.29, 1.82) is 0 Å². The largest absolute Gasteiger partial charge is 0.462 e. The summed E-state index contributed by atoms with van der Waals surface area (Å²) >= 11 is 0. The van der Waals surface area contributed by atoms with E-state index in [1.165, 1.54) is 250 Å². The quantitative estimate of drug-likeness (QED) is 0.0343. The Bertz CT molecular complexity index is 1030. The van der Waals surface area contributed by atoms with Crippen molar-refractivity contribution < 1.29 is 28.6 Å². The van der Waals surface area contributed by atoms with E-state index in [-0.39, 0.29) is 31.1 Å². The van der Waals surface area contributed by atoms with Crippen LogP contribution < -0.4 is 0 Å². The molecule has 0 aliphatic carbocycles. The van der Waals surface area contributed by atoms with Gasteiger partial charge in [-0.3, -0.25) is 14.4 Å². The van der Waals surface area contributed by atoms with Gasteiger partial charge in [0.05, 0.1) is 0 Å². The van der Waals surface area contributed by atoms with Gasteiger partial charge in [-0.25, -0.2) is 0 Å². The molecule has 6 nitrogen and oxygen atoms in total. The smallest absolute Gasteiger partial charge is 0.306 e. The van der Waals surface area contributed by atoms with E-state index >= 15 is 0 Å². The first-order valence-electron chi connectivity index (χ1n) is 30.9. The standard InChI is InChI=1S/C62H120O6/c1-5-8-10-12-14-16-18-20-22-23-25-30-34-38-42-46-50-54-61(64)67-57-59(56-66-60(63)53-49-45-41-37-33-29-24-21-19-17-15-13-11-9-6-2)68-62(65)55-51-47-43-39-35-31-27-26-28-32-36-40-44-48-52-58(4)7-3/h58-59H,5-57H2,1-4H3/t58?,59-/m0/s1. The fourth-order valence-electron chi connectivity index (χ4n) is 9.60. The predicted molar refractivity (Wildman–Crippen MR) is 293 cm³/mol. The summed E-state index contributed by atoms with van der Waals surface area (Å²) in [4.78, 5) is 38.2. The second-order valence-electron chi connectivity index (χ2n) is 21.6. The summed E-state index contributed by atoms with van der Waals surface area (Å²) in [6.07, 6.45) is 62.3. The minimum atomic E-state index is -0.762. The Morgan fingerprint density at radius 3 is 0.765 bits per heavy atom. The molecule has 0 bridgehead atoms. The number of rotatable bonds is 57. The Balaban J connectivity index is 4.29. The molecule has 0 aliphatic heterocycles. The molecule has 0 heterocycles. The highest BCUT2D eigenvalue weighted by molar-refractivity contribution is 5.71. The maximum atomic E-state index is 12.9. The zero-order chi connectivity index (χ0) is 49.5. The number of hydrogen-bond donors (Lipinski definition) is 0. The number of esters is 3. The first-order chi connectivity index (χ1) is 33.4. The highest BCUT2D eigenvalue weighted by Crippen LogP contribution is 2.19. The van der Waals surface area contributed by atoms with E-state index in [4.69, 9.17) is 14.2 Å². The van der Waals surface area contributed by atoms with Crippen LogP contribution in [0.4, 0.5) is 0 Å². The molecule has 0 fully saturated rings. The van der Waals surface area contributed by atoms with Gasteiger partial charge in [0.25, 0.3) is 0 Å². The van der Waals surface area contributed by atoms with Gasteiger partial charge in [0.1, 0.15) is 13.2 Å². The third-order valence-corrected chi connectivity index (χ3v) is 14.7. The van der Waals surface area contributed by atoms with Gasteiger partial charge in [0, 0.05) is 19.3 Å². The highest BCUT2D eigenvalue weighted by Gasteiger charge is 2.19. The minimum Gasteiger partial charge on any atom is -0.462 e. The summed E-state index contributed by atoms with van der Waals surface area (Å²) in [5.74, 6) is 0.0648. The van der Waals surface area contributed by atoms with Crippen molar-refractivity contribution in [3.63, 3.8) is 0 Å². The van der Waals surface area contributed by atoms with Crippen molar-refractivity contribution in [2.45, 2.75) is 361 Å². The minimum absolute atomic E-state index is 0.0614. The molecule has 0 saturated carbocycles. The topological polar surface area (TPSA) is 78.9 Å². The van der Waals surface area contributed by atoms with E-state index in [0.717, 1.165) is 63.7 Å². The summed E-state index contributed by atoms with van der Waals surface area (Å²) in [7, 11) is 0. The average Bonchev–Trinajstić information content (AvgIpc) is 3.34. The second kappa shape index (κ2) is 56.3. The molecular formula is C62H120O6.